The largest absolute Gasteiger partial charge is 0.465 e. The van der Waals surface area contributed by atoms with Crippen LogP contribution in [0.4, 0.5) is 21.5 Å². The van der Waals surface area contributed by atoms with Crippen molar-refractivity contribution in [2.45, 2.75) is 0 Å². The Labute approximate surface area is 116 Å². The van der Waals surface area contributed by atoms with Crippen LogP contribution in [0, 0.1) is 5.82 Å². The van der Waals surface area contributed by atoms with Crippen molar-refractivity contribution in [3.8, 4) is 0 Å². The van der Waals surface area contributed by atoms with Crippen LogP contribution in [-0.4, -0.2) is 20.1 Å². The first kappa shape index (κ1) is 13.9. The minimum atomic E-state index is -0.503. The lowest BCUT2D eigenvalue weighted by molar-refractivity contribution is 0.0602. The number of carbonyl (C=O) groups is 1. The van der Waals surface area contributed by atoms with E-state index in [1.165, 1.54) is 19.2 Å². The van der Waals surface area contributed by atoms with Crippen LogP contribution in [-0.2, 0) is 4.74 Å². The second-order valence-electron chi connectivity index (χ2n) is 4.30. The molecule has 0 amide bonds. The van der Waals surface area contributed by atoms with Crippen LogP contribution in [0.5, 0.6) is 0 Å². The maximum atomic E-state index is 13.2. The maximum Gasteiger partial charge on any atom is 0.340 e. The van der Waals surface area contributed by atoms with E-state index in [2.05, 4.69) is 4.74 Å². The Morgan fingerprint density at radius 3 is 2.55 bits per heavy atom. The predicted octanol–water partition coefficient (Wildman–Crippen LogP) is 2.96. The van der Waals surface area contributed by atoms with Crippen molar-refractivity contribution >= 4 is 23.0 Å². The monoisotopic (exact) mass is 274 g/mol. The van der Waals surface area contributed by atoms with Gasteiger partial charge in [-0.05, 0) is 36.4 Å². The molecule has 0 aromatic heterocycles. The topological polar surface area (TPSA) is 55.6 Å². The fourth-order valence-electron chi connectivity index (χ4n) is 1.87. The quantitative estimate of drug-likeness (QED) is 0.690. The van der Waals surface area contributed by atoms with Gasteiger partial charge >= 0.3 is 5.97 Å². The van der Waals surface area contributed by atoms with Gasteiger partial charge in [-0.2, -0.15) is 0 Å². The number of esters is 1. The summed E-state index contributed by atoms with van der Waals surface area (Å²) in [4.78, 5) is 13.4. The van der Waals surface area contributed by atoms with E-state index in [1.54, 1.807) is 42.3 Å². The summed E-state index contributed by atoms with van der Waals surface area (Å²) in [6.07, 6.45) is 0. The molecule has 0 aliphatic carbocycles. The molecule has 0 aliphatic heterocycles. The zero-order valence-electron chi connectivity index (χ0n) is 11.3. The molecule has 0 radical (unpaired) electrons. The molecule has 0 spiro atoms. The number of halogens is 1. The number of nitrogens with zero attached hydrogens (tertiary/aromatic N) is 1. The molecule has 20 heavy (non-hydrogen) atoms. The zero-order valence-corrected chi connectivity index (χ0v) is 11.3. The first-order chi connectivity index (χ1) is 9.52. The third kappa shape index (κ3) is 2.71. The molecule has 0 heterocycles. The van der Waals surface area contributed by atoms with Gasteiger partial charge in [0.15, 0.2) is 0 Å². The van der Waals surface area contributed by atoms with E-state index in [9.17, 15) is 9.18 Å². The Morgan fingerprint density at radius 1 is 1.20 bits per heavy atom. The zero-order chi connectivity index (χ0) is 14.7. The van der Waals surface area contributed by atoms with Crippen molar-refractivity contribution in [2.75, 3.05) is 24.8 Å². The van der Waals surface area contributed by atoms with Crippen molar-refractivity contribution in [2.24, 2.45) is 0 Å². The van der Waals surface area contributed by atoms with Gasteiger partial charge in [0.1, 0.15) is 5.82 Å². The molecule has 0 saturated heterocycles. The highest BCUT2D eigenvalue weighted by molar-refractivity contribution is 5.96. The van der Waals surface area contributed by atoms with Crippen LogP contribution < -0.4 is 10.6 Å². The van der Waals surface area contributed by atoms with Crippen molar-refractivity contribution in [3.63, 3.8) is 0 Å². The van der Waals surface area contributed by atoms with Crippen LogP contribution >= 0.6 is 0 Å². The van der Waals surface area contributed by atoms with Gasteiger partial charge in [-0.25, -0.2) is 9.18 Å². The fourth-order valence-corrected chi connectivity index (χ4v) is 1.87. The number of methoxy groups -OCH3 is 1. The Hall–Kier alpha value is -2.56. The molecule has 0 fully saturated rings. The fraction of sp³-hybridized carbons (Fsp3) is 0.133. The van der Waals surface area contributed by atoms with Crippen LogP contribution in [0.25, 0.3) is 0 Å². The second-order valence-corrected chi connectivity index (χ2v) is 4.30. The lowest BCUT2D eigenvalue weighted by Gasteiger charge is -2.20. The standard InChI is InChI=1S/C15H15FN2O2/c1-18(11-5-3-4-10(16)8-11)12-6-7-14(17)13(9-12)15(19)20-2/h3-9H,17H2,1-2H3. The molecular weight excluding hydrogens is 259 g/mol. The van der Waals surface area contributed by atoms with Gasteiger partial charge in [-0.15, -0.1) is 0 Å². The normalized spacial score (nSPS) is 10.2. The molecule has 4 nitrogen and oxygen atoms in total. The van der Waals surface area contributed by atoms with Crippen molar-refractivity contribution in [3.05, 3.63) is 53.8 Å². The molecule has 5 heteroatoms. The van der Waals surface area contributed by atoms with Crippen LogP contribution in [0.1, 0.15) is 10.4 Å². The minimum Gasteiger partial charge on any atom is -0.465 e. The van der Waals surface area contributed by atoms with Crippen molar-refractivity contribution < 1.29 is 13.9 Å². The average molecular weight is 274 g/mol. The highest BCUT2D eigenvalue weighted by Gasteiger charge is 2.13. The van der Waals surface area contributed by atoms with E-state index in [0.717, 1.165) is 0 Å². The molecular formula is C15H15FN2O2. The Bertz CT molecular complexity index is 644. The highest BCUT2D eigenvalue weighted by atomic mass is 19.1. The number of anilines is 3. The van der Waals surface area contributed by atoms with Crippen LogP contribution in [0.3, 0.4) is 0 Å². The highest BCUT2D eigenvalue weighted by Crippen LogP contribution is 2.27. The minimum absolute atomic E-state index is 0.285. The van der Waals surface area contributed by atoms with E-state index < -0.39 is 5.97 Å². The summed E-state index contributed by atoms with van der Waals surface area (Å²) in [5, 5.41) is 0. The Kier molecular flexibility index (Phi) is 3.89. The number of carbonyl (C=O) groups excluding carboxylic acids is 1. The summed E-state index contributed by atoms with van der Waals surface area (Å²) in [6.45, 7) is 0. The third-order valence-corrected chi connectivity index (χ3v) is 3.02. The number of rotatable bonds is 3. The predicted molar refractivity (Wildman–Crippen MR) is 76.7 cm³/mol. The molecule has 0 unspecified atom stereocenters. The molecule has 2 aromatic carbocycles. The van der Waals surface area contributed by atoms with Gasteiger partial charge < -0.3 is 15.4 Å². The third-order valence-electron chi connectivity index (χ3n) is 3.02. The summed E-state index contributed by atoms with van der Waals surface area (Å²) < 4.78 is 17.9. The molecule has 2 N–H and O–H groups in total. The number of nitrogens with two attached hydrogens (primary N) is 1. The smallest absolute Gasteiger partial charge is 0.340 e. The van der Waals surface area contributed by atoms with Crippen LogP contribution in [0.15, 0.2) is 42.5 Å². The van der Waals surface area contributed by atoms with Crippen LogP contribution in [0.2, 0.25) is 0 Å². The SMILES string of the molecule is COC(=O)c1cc(N(C)c2cccc(F)c2)ccc1N. The lowest BCUT2D eigenvalue weighted by Crippen LogP contribution is -2.12. The average Bonchev–Trinajstić information content (AvgIpc) is 2.46. The molecule has 0 saturated carbocycles. The van der Waals surface area contributed by atoms with Gasteiger partial charge in [-0.1, -0.05) is 6.07 Å². The summed E-state index contributed by atoms with van der Waals surface area (Å²) in [6, 6.07) is 11.2. The molecule has 104 valence electrons. The first-order valence-corrected chi connectivity index (χ1v) is 6.00. The van der Waals surface area contributed by atoms with E-state index in [0.29, 0.717) is 17.1 Å². The number of hydrogen-bond donors (Lipinski definition) is 1. The Balaban J connectivity index is 2.40. The van der Waals surface area contributed by atoms with Crippen molar-refractivity contribution in [1.29, 1.82) is 0 Å². The summed E-state index contributed by atoms with van der Waals surface area (Å²) in [5.74, 6) is -0.824. The maximum absolute atomic E-state index is 13.2. The lowest BCUT2D eigenvalue weighted by atomic mass is 10.1. The number of nitrogen functional groups attached to an aromatic ring is 1. The van der Waals surface area contributed by atoms with Crippen molar-refractivity contribution in [1.82, 2.24) is 0 Å². The molecule has 2 aromatic rings. The molecule has 0 atom stereocenters. The first-order valence-electron chi connectivity index (χ1n) is 6.00. The summed E-state index contributed by atoms with van der Waals surface area (Å²) >= 11 is 0. The van der Waals surface area contributed by atoms with Gasteiger partial charge in [0, 0.05) is 24.1 Å². The van der Waals surface area contributed by atoms with Gasteiger partial charge in [0.2, 0.25) is 0 Å². The molecule has 2 rings (SSSR count). The van der Waals surface area contributed by atoms with Gasteiger partial charge in [0.25, 0.3) is 0 Å². The van der Waals surface area contributed by atoms with E-state index in [1.807, 2.05) is 0 Å². The number of ether oxygens (including phenoxy) is 1. The number of hydrogen-bond acceptors (Lipinski definition) is 4. The summed E-state index contributed by atoms with van der Waals surface area (Å²) in [7, 11) is 3.08. The molecule has 0 aliphatic rings. The summed E-state index contributed by atoms with van der Waals surface area (Å²) in [5.41, 5.74) is 7.76. The van der Waals surface area contributed by atoms with E-state index in [4.69, 9.17) is 5.73 Å². The molecule has 0 bridgehead atoms. The van der Waals surface area contributed by atoms with Gasteiger partial charge in [-0.3, -0.25) is 0 Å². The van der Waals surface area contributed by atoms with E-state index in [-0.39, 0.29) is 11.4 Å². The second kappa shape index (κ2) is 5.61. The Morgan fingerprint density at radius 2 is 1.90 bits per heavy atom. The van der Waals surface area contributed by atoms with E-state index >= 15 is 0 Å². The van der Waals surface area contributed by atoms with Gasteiger partial charge in [0.05, 0.1) is 12.7 Å². The number of benzene rings is 2.